The van der Waals surface area contributed by atoms with Gasteiger partial charge in [0, 0.05) is 18.3 Å². The number of nitrogens with zero attached hydrogens (tertiary/aromatic N) is 2. The van der Waals surface area contributed by atoms with Crippen LogP contribution in [0.15, 0.2) is 30.3 Å². The number of amides is 1. The number of nitriles is 1. The second kappa shape index (κ2) is 6.25. The molecule has 0 aliphatic heterocycles. The first-order valence-electron chi connectivity index (χ1n) is 6.21. The fourth-order valence-electron chi connectivity index (χ4n) is 1.81. The summed E-state index contributed by atoms with van der Waals surface area (Å²) in [5, 5.41) is 14.9. The summed E-state index contributed by atoms with van der Waals surface area (Å²) in [4.78, 5) is 16.5. The molecule has 1 amide bonds. The van der Waals surface area contributed by atoms with Crippen LogP contribution in [0.2, 0.25) is 5.02 Å². The highest BCUT2D eigenvalue weighted by molar-refractivity contribution is 6.34. The summed E-state index contributed by atoms with van der Waals surface area (Å²) in [6, 6.07) is 10.0. The van der Waals surface area contributed by atoms with Crippen molar-refractivity contribution in [1.29, 1.82) is 5.26 Å². The van der Waals surface area contributed by atoms with E-state index in [1.54, 1.807) is 38.2 Å². The molecular formula is C15H13ClN4O. The number of halogens is 1. The third kappa shape index (κ3) is 3.50. The fourth-order valence-corrected chi connectivity index (χ4v) is 1.98. The van der Waals surface area contributed by atoms with Gasteiger partial charge in [0.1, 0.15) is 5.82 Å². The van der Waals surface area contributed by atoms with Gasteiger partial charge in [-0.25, -0.2) is 4.98 Å². The number of anilines is 2. The lowest BCUT2D eigenvalue weighted by molar-refractivity contribution is 0.102. The molecule has 0 unspecified atom stereocenters. The van der Waals surface area contributed by atoms with Gasteiger partial charge in [0.25, 0.3) is 5.91 Å². The lowest BCUT2D eigenvalue weighted by Crippen LogP contribution is -2.13. The van der Waals surface area contributed by atoms with E-state index in [1.165, 1.54) is 6.07 Å². The van der Waals surface area contributed by atoms with E-state index in [-0.39, 0.29) is 5.91 Å². The highest BCUT2D eigenvalue weighted by Crippen LogP contribution is 2.23. The van der Waals surface area contributed by atoms with Crippen molar-refractivity contribution >= 4 is 29.0 Å². The van der Waals surface area contributed by atoms with Gasteiger partial charge in [0.15, 0.2) is 0 Å². The van der Waals surface area contributed by atoms with Crippen molar-refractivity contribution in [2.24, 2.45) is 0 Å². The Balaban J connectivity index is 2.30. The van der Waals surface area contributed by atoms with Gasteiger partial charge in [-0.15, -0.1) is 0 Å². The molecule has 2 rings (SSSR count). The Labute approximate surface area is 127 Å². The Kier molecular flexibility index (Phi) is 4.41. The molecule has 0 saturated carbocycles. The zero-order valence-electron chi connectivity index (χ0n) is 11.6. The van der Waals surface area contributed by atoms with E-state index in [0.29, 0.717) is 27.7 Å². The molecule has 0 spiro atoms. The molecule has 0 saturated heterocycles. The van der Waals surface area contributed by atoms with Gasteiger partial charge < -0.3 is 10.6 Å². The van der Waals surface area contributed by atoms with E-state index < -0.39 is 0 Å². The number of rotatable bonds is 3. The molecule has 6 heteroatoms. The van der Waals surface area contributed by atoms with Crippen LogP contribution in [0.3, 0.4) is 0 Å². The molecule has 0 radical (unpaired) electrons. The van der Waals surface area contributed by atoms with Crippen LogP contribution in [-0.4, -0.2) is 17.9 Å². The average Bonchev–Trinajstić information content (AvgIpc) is 2.48. The minimum atomic E-state index is -0.311. The van der Waals surface area contributed by atoms with Gasteiger partial charge in [0.05, 0.1) is 22.3 Å². The minimum Gasteiger partial charge on any atom is -0.373 e. The number of carbonyl (C=O) groups is 1. The third-order valence-electron chi connectivity index (χ3n) is 2.82. The Bertz CT molecular complexity index is 737. The molecule has 2 N–H and O–H groups in total. The first kappa shape index (κ1) is 14.8. The first-order valence-corrected chi connectivity index (χ1v) is 6.58. The SMILES string of the molecule is CNc1cc(C(=O)Nc2cc(C#N)ccc2Cl)cc(C)n1. The molecule has 1 heterocycles. The highest BCUT2D eigenvalue weighted by atomic mass is 35.5. The largest absolute Gasteiger partial charge is 0.373 e. The molecule has 2 aromatic rings. The number of hydrogen-bond acceptors (Lipinski definition) is 4. The predicted octanol–water partition coefficient (Wildman–Crippen LogP) is 3.21. The van der Waals surface area contributed by atoms with Crippen molar-refractivity contribution in [1.82, 2.24) is 4.98 Å². The monoisotopic (exact) mass is 300 g/mol. The molecule has 1 aromatic carbocycles. The van der Waals surface area contributed by atoms with Crippen molar-refractivity contribution in [3.8, 4) is 6.07 Å². The van der Waals surface area contributed by atoms with E-state index in [4.69, 9.17) is 16.9 Å². The number of nitrogens with one attached hydrogen (secondary N) is 2. The summed E-state index contributed by atoms with van der Waals surface area (Å²) >= 11 is 6.03. The number of pyridine rings is 1. The zero-order chi connectivity index (χ0) is 15.4. The molecule has 0 aliphatic carbocycles. The predicted molar refractivity (Wildman–Crippen MR) is 82.6 cm³/mol. The van der Waals surface area contributed by atoms with Gasteiger partial charge in [-0.05, 0) is 37.3 Å². The van der Waals surface area contributed by atoms with Gasteiger partial charge in [0.2, 0.25) is 0 Å². The van der Waals surface area contributed by atoms with Crippen LogP contribution < -0.4 is 10.6 Å². The summed E-state index contributed by atoms with van der Waals surface area (Å²) in [7, 11) is 1.73. The quantitative estimate of drug-likeness (QED) is 0.912. The Morgan fingerprint density at radius 3 is 2.76 bits per heavy atom. The molecule has 106 valence electrons. The number of carbonyl (C=O) groups excluding carboxylic acids is 1. The summed E-state index contributed by atoms with van der Waals surface area (Å²) in [5.74, 6) is 0.297. The van der Waals surface area contributed by atoms with E-state index in [2.05, 4.69) is 15.6 Å². The van der Waals surface area contributed by atoms with E-state index in [9.17, 15) is 4.79 Å². The smallest absolute Gasteiger partial charge is 0.255 e. The fraction of sp³-hybridized carbons (Fsp3) is 0.133. The maximum absolute atomic E-state index is 12.3. The van der Waals surface area contributed by atoms with Crippen LogP contribution in [0.4, 0.5) is 11.5 Å². The number of hydrogen-bond donors (Lipinski definition) is 2. The van der Waals surface area contributed by atoms with E-state index in [0.717, 1.165) is 5.69 Å². The Hall–Kier alpha value is -2.58. The molecule has 21 heavy (non-hydrogen) atoms. The number of benzene rings is 1. The normalized spacial score (nSPS) is 9.81. The van der Waals surface area contributed by atoms with Crippen molar-refractivity contribution in [3.63, 3.8) is 0 Å². The second-order valence-electron chi connectivity index (χ2n) is 4.39. The lowest BCUT2D eigenvalue weighted by atomic mass is 10.2. The second-order valence-corrected chi connectivity index (χ2v) is 4.80. The maximum atomic E-state index is 12.3. The van der Waals surface area contributed by atoms with Crippen molar-refractivity contribution in [2.75, 3.05) is 17.7 Å². The molecular weight excluding hydrogens is 288 g/mol. The molecule has 5 nitrogen and oxygen atoms in total. The van der Waals surface area contributed by atoms with Gasteiger partial charge >= 0.3 is 0 Å². The summed E-state index contributed by atoms with van der Waals surface area (Å²) < 4.78 is 0. The van der Waals surface area contributed by atoms with Crippen molar-refractivity contribution in [3.05, 3.63) is 52.2 Å². The van der Waals surface area contributed by atoms with Crippen LogP contribution in [0.5, 0.6) is 0 Å². The topological polar surface area (TPSA) is 77.8 Å². The van der Waals surface area contributed by atoms with Crippen LogP contribution in [0.1, 0.15) is 21.6 Å². The van der Waals surface area contributed by atoms with E-state index >= 15 is 0 Å². The van der Waals surface area contributed by atoms with Crippen LogP contribution in [0, 0.1) is 18.3 Å². The molecule has 0 fully saturated rings. The zero-order valence-corrected chi connectivity index (χ0v) is 12.3. The van der Waals surface area contributed by atoms with Gasteiger partial charge in [-0.1, -0.05) is 11.6 Å². The molecule has 0 bridgehead atoms. The standard InChI is InChI=1S/C15H13ClN4O/c1-9-5-11(7-14(18-2)19-9)15(21)20-13-6-10(8-17)3-4-12(13)16/h3-7H,1-2H3,(H,18,19)(H,20,21). The lowest BCUT2D eigenvalue weighted by Gasteiger charge is -2.09. The maximum Gasteiger partial charge on any atom is 0.255 e. The van der Waals surface area contributed by atoms with Gasteiger partial charge in [-0.3, -0.25) is 4.79 Å². The van der Waals surface area contributed by atoms with Crippen molar-refractivity contribution in [2.45, 2.75) is 6.92 Å². The Morgan fingerprint density at radius 1 is 1.33 bits per heavy atom. The molecule has 0 atom stereocenters. The van der Waals surface area contributed by atoms with Crippen molar-refractivity contribution < 1.29 is 4.79 Å². The Morgan fingerprint density at radius 2 is 2.10 bits per heavy atom. The summed E-state index contributed by atoms with van der Waals surface area (Å²) in [6.07, 6.45) is 0. The molecule has 0 aliphatic rings. The van der Waals surface area contributed by atoms with Gasteiger partial charge in [-0.2, -0.15) is 5.26 Å². The third-order valence-corrected chi connectivity index (χ3v) is 3.14. The average molecular weight is 301 g/mol. The summed E-state index contributed by atoms with van der Waals surface area (Å²) in [6.45, 7) is 1.81. The van der Waals surface area contributed by atoms with Crippen LogP contribution in [-0.2, 0) is 0 Å². The van der Waals surface area contributed by atoms with Crippen LogP contribution >= 0.6 is 11.6 Å². The summed E-state index contributed by atoms with van der Waals surface area (Å²) in [5.41, 5.74) is 2.02. The number of aryl methyl sites for hydroxylation is 1. The first-order chi connectivity index (χ1) is 10.0. The number of aromatic nitrogens is 1. The minimum absolute atomic E-state index is 0.311. The van der Waals surface area contributed by atoms with Crippen LogP contribution in [0.25, 0.3) is 0 Å². The molecule has 1 aromatic heterocycles. The van der Waals surface area contributed by atoms with E-state index in [1.807, 2.05) is 6.07 Å². The highest BCUT2D eigenvalue weighted by Gasteiger charge is 2.11.